The van der Waals surface area contributed by atoms with Gasteiger partial charge in [-0.25, -0.2) is 9.78 Å². The molecule has 0 radical (unpaired) electrons. The summed E-state index contributed by atoms with van der Waals surface area (Å²) >= 11 is 5.93. The van der Waals surface area contributed by atoms with Crippen LogP contribution >= 0.6 is 11.6 Å². The van der Waals surface area contributed by atoms with E-state index in [2.05, 4.69) is 16.6 Å². The number of imide groups is 2. The number of aromatic nitrogens is 1. The van der Waals surface area contributed by atoms with Crippen LogP contribution in [0.25, 0.3) is 0 Å². The first-order valence-corrected chi connectivity index (χ1v) is 8.31. The predicted octanol–water partition coefficient (Wildman–Crippen LogP) is 2.83. The van der Waals surface area contributed by atoms with Gasteiger partial charge < -0.3 is 0 Å². The summed E-state index contributed by atoms with van der Waals surface area (Å²) < 4.78 is 0. The van der Waals surface area contributed by atoms with Crippen LogP contribution < -0.4 is 0 Å². The zero-order valence-electron chi connectivity index (χ0n) is 13.9. The average Bonchev–Trinajstić information content (AvgIpc) is 2.60. The van der Waals surface area contributed by atoms with Crippen molar-refractivity contribution in [3.05, 3.63) is 36.1 Å². The number of urea groups is 1. The quantitative estimate of drug-likeness (QED) is 0.323. The molecule has 1 aliphatic rings. The maximum atomic E-state index is 12.6. The lowest BCUT2D eigenvalue weighted by atomic mass is 10.0. The number of carbonyl (C=O) groups is 3. The summed E-state index contributed by atoms with van der Waals surface area (Å²) in [5, 5.41) is 0.163. The summed E-state index contributed by atoms with van der Waals surface area (Å²) in [7, 11) is 0. The second-order valence-corrected chi connectivity index (χ2v) is 5.79. The molecule has 0 saturated carbocycles. The van der Waals surface area contributed by atoms with Gasteiger partial charge in [0.15, 0.2) is 11.1 Å². The lowest BCUT2D eigenvalue weighted by molar-refractivity contribution is -0.145. The molecule has 4 amide bonds. The van der Waals surface area contributed by atoms with E-state index in [4.69, 9.17) is 11.6 Å². The maximum absolute atomic E-state index is 12.6. The Morgan fingerprint density at radius 3 is 2.68 bits per heavy atom. The first-order valence-electron chi connectivity index (χ1n) is 7.93. The van der Waals surface area contributed by atoms with E-state index in [1.807, 2.05) is 6.92 Å². The third kappa shape index (κ3) is 4.11. The summed E-state index contributed by atoms with van der Waals surface area (Å²) in [4.78, 5) is 47.6. The van der Waals surface area contributed by atoms with Crippen LogP contribution in [-0.4, -0.2) is 51.9 Å². The Hall–Kier alpha value is -2.54. The molecular formula is C17H19ClN4O3. The Morgan fingerprint density at radius 1 is 1.32 bits per heavy atom. The summed E-state index contributed by atoms with van der Waals surface area (Å²) in [5.41, 5.74) is 0.344. The van der Waals surface area contributed by atoms with Crippen LogP contribution in [0.4, 0.5) is 10.5 Å². The van der Waals surface area contributed by atoms with Crippen molar-refractivity contribution in [2.24, 2.45) is 10.9 Å². The molecular weight excluding hydrogens is 344 g/mol. The van der Waals surface area contributed by atoms with Gasteiger partial charge in [0.1, 0.15) is 0 Å². The van der Waals surface area contributed by atoms with Gasteiger partial charge in [-0.2, -0.15) is 0 Å². The zero-order valence-corrected chi connectivity index (χ0v) is 14.6. The van der Waals surface area contributed by atoms with E-state index in [1.165, 1.54) is 18.5 Å². The topological polar surface area (TPSA) is 82.9 Å². The van der Waals surface area contributed by atoms with Crippen molar-refractivity contribution in [3.63, 3.8) is 0 Å². The molecule has 1 aliphatic heterocycles. The standard InChI is InChI=1S/C17H19ClN4O3/c1-3-5-10-22-16(24)12(15(23)21(9-4-2)17(22)25)11-20-13-7-6-8-19-14(13)18/h4,6-8,11-12H,2-3,5,9-10H2,1H3. The molecule has 0 spiro atoms. The lowest BCUT2D eigenvalue weighted by Gasteiger charge is -2.35. The first kappa shape index (κ1) is 18.8. The predicted molar refractivity (Wildman–Crippen MR) is 94.8 cm³/mol. The van der Waals surface area contributed by atoms with Crippen LogP contribution in [0.15, 0.2) is 36.0 Å². The number of hydrogen-bond donors (Lipinski definition) is 0. The second kappa shape index (κ2) is 8.53. The van der Waals surface area contributed by atoms with Gasteiger partial charge in [0.2, 0.25) is 11.8 Å². The average molecular weight is 363 g/mol. The highest BCUT2D eigenvalue weighted by atomic mass is 35.5. The number of halogens is 1. The van der Waals surface area contributed by atoms with Crippen molar-refractivity contribution in [3.8, 4) is 0 Å². The molecule has 2 heterocycles. The molecule has 25 heavy (non-hydrogen) atoms. The normalized spacial score (nSPS) is 18.3. The smallest absolute Gasteiger partial charge is 0.273 e. The van der Waals surface area contributed by atoms with Crippen molar-refractivity contribution in [1.82, 2.24) is 14.8 Å². The van der Waals surface area contributed by atoms with Gasteiger partial charge in [0.25, 0.3) is 0 Å². The van der Waals surface area contributed by atoms with E-state index in [1.54, 1.807) is 12.1 Å². The Bertz CT molecular complexity index is 720. The number of nitrogens with zero attached hydrogens (tertiary/aromatic N) is 4. The van der Waals surface area contributed by atoms with Crippen molar-refractivity contribution in [2.45, 2.75) is 19.8 Å². The Kier molecular flexibility index (Phi) is 6.41. The third-order valence-electron chi connectivity index (χ3n) is 3.68. The van der Waals surface area contributed by atoms with Gasteiger partial charge in [-0.1, -0.05) is 31.0 Å². The van der Waals surface area contributed by atoms with E-state index < -0.39 is 23.8 Å². The van der Waals surface area contributed by atoms with Crippen LogP contribution in [0.2, 0.25) is 5.15 Å². The number of carbonyl (C=O) groups excluding carboxylic acids is 3. The van der Waals surface area contributed by atoms with E-state index in [9.17, 15) is 14.4 Å². The third-order valence-corrected chi connectivity index (χ3v) is 3.97. The monoisotopic (exact) mass is 362 g/mol. The number of barbiturate groups is 1. The maximum Gasteiger partial charge on any atom is 0.333 e. The molecule has 8 heteroatoms. The van der Waals surface area contributed by atoms with Crippen LogP contribution in [0.5, 0.6) is 0 Å². The van der Waals surface area contributed by atoms with Gasteiger partial charge in [-0.05, 0) is 18.6 Å². The molecule has 1 aromatic rings. The first-order chi connectivity index (χ1) is 12.0. The molecule has 132 valence electrons. The largest absolute Gasteiger partial charge is 0.333 e. The molecule has 0 aliphatic carbocycles. The molecule has 1 fully saturated rings. The fourth-order valence-corrected chi connectivity index (χ4v) is 2.52. The number of hydrogen-bond acceptors (Lipinski definition) is 5. The van der Waals surface area contributed by atoms with Gasteiger partial charge in [-0.3, -0.25) is 24.4 Å². The highest BCUT2D eigenvalue weighted by Crippen LogP contribution is 2.23. The van der Waals surface area contributed by atoms with E-state index >= 15 is 0 Å². The number of rotatable bonds is 7. The van der Waals surface area contributed by atoms with Gasteiger partial charge >= 0.3 is 6.03 Å². The molecule has 0 aromatic carbocycles. The minimum absolute atomic E-state index is 0.0333. The molecule has 2 rings (SSSR count). The fraction of sp³-hybridized carbons (Fsp3) is 0.353. The van der Waals surface area contributed by atoms with E-state index in [0.29, 0.717) is 12.1 Å². The van der Waals surface area contributed by atoms with E-state index in [0.717, 1.165) is 16.2 Å². The fourth-order valence-electron chi connectivity index (χ4n) is 2.35. The molecule has 0 N–H and O–H groups in total. The van der Waals surface area contributed by atoms with Crippen molar-refractivity contribution in [2.75, 3.05) is 13.1 Å². The Morgan fingerprint density at radius 2 is 2.04 bits per heavy atom. The number of amides is 4. The zero-order chi connectivity index (χ0) is 18.4. The molecule has 7 nitrogen and oxygen atoms in total. The summed E-state index contributed by atoms with van der Waals surface area (Å²) in [6.45, 7) is 5.79. The van der Waals surface area contributed by atoms with Crippen molar-refractivity contribution >= 4 is 41.3 Å². The van der Waals surface area contributed by atoms with Gasteiger partial charge in [0, 0.05) is 25.5 Å². The highest BCUT2D eigenvalue weighted by Gasteiger charge is 2.44. The van der Waals surface area contributed by atoms with Crippen molar-refractivity contribution < 1.29 is 14.4 Å². The SMILES string of the molecule is C=CCN1C(=O)C(C=Nc2cccnc2Cl)C(=O)N(CCCC)C1=O. The van der Waals surface area contributed by atoms with Crippen molar-refractivity contribution in [1.29, 1.82) is 0 Å². The van der Waals surface area contributed by atoms with Crippen LogP contribution in [-0.2, 0) is 9.59 Å². The number of aliphatic imine (C=N–C) groups is 1. The van der Waals surface area contributed by atoms with Gasteiger partial charge in [-0.15, -0.1) is 6.58 Å². The van der Waals surface area contributed by atoms with Gasteiger partial charge in [0.05, 0.1) is 5.69 Å². The highest BCUT2D eigenvalue weighted by molar-refractivity contribution is 6.32. The van der Waals surface area contributed by atoms with Crippen LogP contribution in [0.1, 0.15) is 19.8 Å². The summed E-state index contributed by atoms with van der Waals surface area (Å²) in [6, 6.07) is 2.64. The van der Waals surface area contributed by atoms with E-state index in [-0.39, 0.29) is 18.2 Å². The minimum atomic E-state index is -1.18. The molecule has 1 atom stereocenters. The molecule has 0 bridgehead atoms. The minimum Gasteiger partial charge on any atom is -0.273 e. The van der Waals surface area contributed by atoms with Crippen LogP contribution in [0.3, 0.4) is 0 Å². The second-order valence-electron chi connectivity index (χ2n) is 5.43. The number of unbranched alkanes of at least 4 members (excludes halogenated alkanes) is 1. The Balaban J connectivity index is 2.31. The summed E-state index contributed by atoms with van der Waals surface area (Å²) in [6.07, 6.45) is 5.64. The molecule has 1 saturated heterocycles. The Labute approximate surface area is 151 Å². The van der Waals surface area contributed by atoms with Crippen LogP contribution in [0, 0.1) is 5.92 Å². The molecule has 1 aromatic heterocycles. The molecule has 1 unspecified atom stereocenters. The lowest BCUT2D eigenvalue weighted by Crippen LogP contribution is -2.60. The number of pyridine rings is 1. The summed E-state index contributed by atoms with van der Waals surface area (Å²) in [5.74, 6) is -2.37.